The standard InChI is InChI=1S/C29H28F7N5O3/c1-14(2)17-7-21(25(43-4)37-9-17)22-10-38-26(40-11-20(30)12-40)39-23(22)13-41-15(3)24(44-27(41)42)16-5-18(28(31,32)33)8-19(6-16)29(34,35)36/h5-10,14-15,20,24H,11-13H2,1-4H3. The van der Waals surface area contributed by atoms with Crippen LogP contribution in [0.4, 0.5) is 41.5 Å². The number of cyclic esters (lactones) is 1. The Balaban J connectivity index is 1.55. The van der Waals surface area contributed by atoms with Gasteiger partial charge < -0.3 is 14.4 Å². The molecule has 3 aromatic rings. The molecule has 236 valence electrons. The molecule has 8 nitrogen and oxygen atoms in total. The molecular formula is C29H28F7N5O3. The van der Waals surface area contributed by atoms with Crippen molar-refractivity contribution in [2.24, 2.45) is 0 Å². The first-order valence-electron chi connectivity index (χ1n) is 13.6. The molecule has 15 heteroatoms. The maximum absolute atomic E-state index is 13.6. The summed E-state index contributed by atoms with van der Waals surface area (Å²) in [5.74, 6) is 0.508. The molecule has 0 spiro atoms. The van der Waals surface area contributed by atoms with Crippen molar-refractivity contribution in [2.75, 3.05) is 25.1 Å². The summed E-state index contributed by atoms with van der Waals surface area (Å²) < 4.78 is 106. The van der Waals surface area contributed by atoms with Crippen LogP contribution in [0.3, 0.4) is 0 Å². The highest BCUT2D eigenvalue weighted by Gasteiger charge is 2.44. The highest BCUT2D eigenvalue weighted by Crippen LogP contribution is 2.42. The molecule has 2 aromatic heterocycles. The van der Waals surface area contributed by atoms with Crippen LogP contribution >= 0.6 is 0 Å². The molecule has 1 aromatic carbocycles. The molecule has 2 aliphatic rings. The Hall–Kier alpha value is -4.17. The van der Waals surface area contributed by atoms with Crippen LogP contribution in [-0.4, -0.2) is 58.4 Å². The fraction of sp³-hybridized carbons (Fsp3) is 0.448. The minimum absolute atomic E-state index is 0.0157. The molecule has 44 heavy (non-hydrogen) atoms. The van der Waals surface area contributed by atoms with Gasteiger partial charge in [-0.05, 0) is 48.2 Å². The van der Waals surface area contributed by atoms with Crippen LogP contribution in [-0.2, 0) is 23.6 Å². The molecule has 5 rings (SSSR count). The van der Waals surface area contributed by atoms with E-state index in [2.05, 4.69) is 15.0 Å². The lowest BCUT2D eigenvalue weighted by Gasteiger charge is -2.34. The second kappa shape index (κ2) is 11.4. The number of halogens is 7. The summed E-state index contributed by atoms with van der Waals surface area (Å²) >= 11 is 0. The third kappa shape index (κ3) is 6.09. The summed E-state index contributed by atoms with van der Waals surface area (Å²) in [5, 5.41) is 0. The van der Waals surface area contributed by atoms with E-state index in [1.54, 1.807) is 11.1 Å². The van der Waals surface area contributed by atoms with E-state index in [-0.39, 0.29) is 49.1 Å². The summed E-state index contributed by atoms with van der Waals surface area (Å²) in [7, 11) is 1.42. The number of methoxy groups -OCH3 is 1. The third-order valence-electron chi connectivity index (χ3n) is 7.65. The van der Waals surface area contributed by atoms with Crippen molar-refractivity contribution >= 4 is 12.0 Å². The molecule has 2 unspecified atom stereocenters. The molecule has 0 radical (unpaired) electrons. The van der Waals surface area contributed by atoms with Crippen molar-refractivity contribution in [3.05, 3.63) is 64.6 Å². The van der Waals surface area contributed by atoms with Crippen molar-refractivity contribution in [1.82, 2.24) is 19.9 Å². The monoisotopic (exact) mass is 627 g/mol. The zero-order chi connectivity index (χ0) is 32.1. The van der Waals surface area contributed by atoms with Gasteiger partial charge in [0.1, 0.15) is 12.3 Å². The van der Waals surface area contributed by atoms with Gasteiger partial charge in [-0.25, -0.2) is 24.1 Å². The Kier molecular flexibility index (Phi) is 8.10. The Morgan fingerprint density at radius 2 is 1.61 bits per heavy atom. The van der Waals surface area contributed by atoms with E-state index in [0.717, 1.165) is 10.5 Å². The summed E-state index contributed by atoms with van der Waals surface area (Å²) in [6.07, 6.45) is -10.5. The molecule has 2 fully saturated rings. The van der Waals surface area contributed by atoms with Crippen LogP contribution in [0.25, 0.3) is 11.1 Å². The van der Waals surface area contributed by atoms with Gasteiger partial charge in [0.25, 0.3) is 0 Å². The van der Waals surface area contributed by atoms with Gasteiger partial charge in [-0.1, -0.05) is 13.8 Å². The Morgan fingerprint density at radius 3 is 2.16 bits per heavy atom. The highest BCUT2D eigenvalue weighted by atomic mass is 19.4. The number of benzene rings is 1. The van der Waals surface area contributed by atoms with Gasteiger partial charge in [-0.2, -0.15) is 26.3 Å². The molecule has 4 heterocycles. The van der Waals surface area contributed by atoms with Gasteiger partial charge in [0, 0.05) is 23.5 Å². The largest absolute Gasteiger partial charge is 0.481 e. The van der Waals surface area contributed by atoms with Crippen LogP contribution in [0.15, 0.2) is 36.7 Å². The topological polar surface area (TPSA) is 80.7 Å². The molecule has 0 aliphatic carbocycles. The second-order valence-corrected chi connectivity index (χ2v) is 11.0. The van der Waals surface area contributed by atoms with E-state index in [9.17, 15) is 35.5 Å². The maximum Gasteiger partial charge on any atom is 0.416 e. The van der Waals surface area contributed by atoms with Gasteiger partial charge in [0.05, 0.1) is 49.6 Å². The molecule has 1 amide bonds. The van der Waals surface area contributed by atoms with Crippen molar-refractivity contribution < 1.29 is 45.0 Å². The Bertz CT molecular complexity index is 1530. The number of anilines is 1. The van der Waals surface area contributed by atoms with E-state index >= 15 is 0 Å². The van der Waals surface area contributed by atoms with Crippen molar-refractivity contribution in [2.45, 2.75) is 63.9 Å². The van der Waals surface area contributed by atoms with Gasteiger partial charge in [0.15, 0.2) is 0 Å². The van der Waals surface area contributed by atoms with Crippen LogP contribution in [0.1, 0.15) is 60.7 Å². The van der Waals surface area contributed by atoms with Crippen molar-refractivity contribution in [3.8, 4) is 17.0 Å². The zero-order valence-corrected chi connectivity index (χ0v) is 24.0. The van der Waals surface area contributed by atoms with Gasteiger partial charge in [-0.15, -0.1) is 0 Å². The fourth-order valence-electron chi connectivity index (χ4n) is 5.10. The predicted octanol–water partition coefficient (Wildman–Crippen LogP) is 6.95. The van der Waals surface area contributed by atoms with Gasteiger partial charge in [0.2, 0.25) is 11.8 Å². The number of hydrogen-bond acceptors (Lipinski definition) is 7. The highest BCUT2D eigenvalue weighted by molar-refractivity contribution is 5.74. The number of carbonyl (C=O) groups is 1. The molecule has 0 N–H and O–H groups in total. The fourth-order valence-corrected chi connectivity index (χ4v) is 5.10. The quantitative estimate of drug-likeness (QED) is 0.263. The van der Waals surface area contributed by atoms with E-state index in [0.29, 0.717) is 23.3 Å². The lowest BCUT2D eigenvalue weighted by Crippen LogP contribution is -2.49. The molecule has 2 saturated heterocycles. The molecule has 2 aliphatic heterocycles. The van der Waals surface area contributed by atoms with Crippen LogP contribution in [0, 0.1) is 0 Å². The van der Waals surface area contributed by atoms with E-state index in [1.807, 2.05) is 19.9 Å². The smallest absolute Gasteiger partial charge is 0.416 e. The Labute approximate surface area is 247 Å². The number of hydrogen-bond donors (Lipinski definition) is 0. The number of amides is 1. The number of ether oxygens (including phenoxy) is 2. The average Bonchev–Trinajstić information content (AvgIpc) is 3.22. The van der Waals surface area contributed by atoms with Crippen LogP contribution in [0.5, 0.6) is 5.88 Å². The number of carbonyl (C=O) groups excluding carboxylic acids is 1. The number of pyridine rings is 1. The lowest BCUT2D eigenvalue weighted by atomic mass is 9.97. The summed E-state index contributed by atoms with van der Waals surface area (Å²) in [6, 6.07) is 1.94. The van der Waals surface area contributed by atoms with Crippen LogP contribution in [0.2, 0.25) is 0 Å². The zero-order valence-electron chi connectivity index (χ0n) is 24.0. The minimum atomic E-state index is -5.07. The van der Waals surface area contributed by atoms with Gasteiger partial charge in [-0.3, -0.25) is 4.90 Å². The molecular weight excluding hydrogens is 599 g/mol. The average molecular weight is 628 g/mol. The third-order valence-corrected chi connectivity index (χ3v) is 7.65. The first-order chi connectivity index (χ1) is 20.6. The summed E-state index contributed by atoms with van der Waals surface area (Å²) in [4.78, 5) is 29.2. The maximum atomic E-state index is 13.6. The molecule has 2 atom stereocenters. The number of nitrogens with zero attached hydrogens (tertiary/aromatic N) is 5. The number of alkyl halides is 7. The second-order valence-electron chi connectivity index (χ2n) is 11.0. The predicted molar refractivity (Wildman–Crippen MR) is 144 cm³/mol. The van der Waals surface area contributed by atoms with Gasteiger partial charge >= 0.3 is 18.4 Å². The van der Waals surface area contributed by atoms with Crippen molar-refractivity contribution in [3.63, 3.8) is 0 Å². The van der Waals surface area contributed by atoms with Crippen molar-refractivity contribution in [1.29, 1.82) is 0 Å². The number of aromatic nitrogens is 3. The van der Waals surface area contributed by atoms with E-state index in [4.69, 9.17) is 9.47 Å². The SMILES string of the molecule is COc1ncc(C(C)C)cc1-c1cnc(N2CC(F)C2)nc1CN1C(=O)OC(c2cc(C(F)(F)F)cc(C(F)(F)F)c2)C1C. The lowest BCUT2D eigenvalue weighted by molar-refractivity contribution is -0.143. The van der Waals surface area contributed by atoms with E-state index < -0.39 is 53.5 Å². The van der Waals surface area contributed by atoms with Crippen LogP contribution < -0.4 is 9.64 Å². The molecule has 0 bridgehead atoms. The summed E-state index contributed by atoms with van der Waals surface area (Å²) in [6.45, 7) is 5.25. The molecule has 0 saturated carbocycles. The first kappa shape index (κ1) is 31.3. The number of rotatable bonds is 7. The summed E-state index contributed by atoms with van der Waals surface area (Å²) in [5.41, 5.74) is -1.45. The first-order valence-corrected chi connectivity index (χ1v) is 13.6. The van der Waals surface area contributed by atoms with E-state index in [1.165, 1.54) is 20.2 Å². The minimum Gasteiger partial charge on any atom is -0.481 e. The normalized spacial score (nSPS) is 19.4. The Morgan fingerprint density at radius 1 is 0.977 bits per heavy atom.